The van der Waals surface area contributed by atoms with Gasteiger partial charge in [-0.1, -0.05) is 0 Å². The second-order valence-electron chi connectivity index (χ2n) is 4.68. The van der Waals surface area contributed by atoms with E-state index in [1.54, 1.807) is 4.90 Å². The molecule has 0 unspecified atom stereocenters. The molecule has 0 saturated carbocycles. The number of aromatic nitrogens is 2. The van der Waals surface area contributed by atoms with E-state index < -0.39 is 5.82 Å². The molecule has 0 radical (unpaired) electrons. The van der Waals surface area contributed by atoms with Crippen LogP contribution < -0.4 is 5.73 Å². The van der Waals surface area contributed by atoms with Gasteiger partial charge in [-0.2, -0.15) is 0 Å². The molecule has 1 saturated heterocycles. The first-order chi connectivity index (χ1) is 9.15. The predicted molar refractivity (Wildman–Crippen MR) is 68.0 cm³/mol. The van der Waals surface area contributed by atoms with Crippen LogP contribution >= 0.6 is 0 Å². The van der Waals surface area contributed by atoms with Gasteiger partial charge in [0.2, 0.25) is 0 Å². The highest BCUT2D eigenvalue weighted by molar-refractivity contribution is 6.04. The maximum absolute atomic E-state index is 13.6. The third-order valence-corrected chi connectivity index (χ3v) is 3.28. The number of likely N-dealkylation sites (tertiary alicyclic amines) is 1. The highest BCUT2D eigenvalue weighted by atomic mass is 19.1. The zero-order chi connectivity index (χ0) is 13.4. The zero-order valence-corrected chi connectivity index (χ0v) is 10.2. The number of benzene rings is 1. The lowest BCUT2D eigenvalue weighted by atomic mass is 10.1. The van der Waals surface area contributed by atoms with E-state index in [1.165, 1.54) is 24.5 Å². The summed E-state index contributed by atoms with van der Waals surface area (Å²) >= 11 is 0. The van der Waals surface area contributed by atoms with Crippen molar-refractivity contribution in [3.8, 4) is 0 Å². The van der Waals surface area contributed by atoms with Crippen molar-refractivity contribution in [3.63, 3.8) is 0 Å². The van der Waals surface area contributed by atoms with Gasteiger partial charge in [0.1, 0.15) is 11.3 Å². The number of fused-ring (bicyclic) bond motifs is 1. The molecule has 1 fully saturated rings. The molecule has 1 aliphatic rings. The molecule has 1 aromatic carbocycles. The third-order valence-electron chi connectivity index (χ3n) is 3.28. The van der Waals surface area contributed by atoms with Crippen molar-refractivity contribution in [2.75, 3.05) is 13.1 Å². The highest BCUT2D eigenvalue weighted by Crippen LogP contribution is 2.20. The molecule has 1 atom stereocenters. The minimum Gasteiger partial charge on any atom is -0.337 e. The standard InChI is InChI=1S/C13H13FN4O/c14-8-5-10(12-11(6-8)16-2-3-17-12)13(19)18-4-1-9(15)7-18/h2-3,5-6,9H,1,4,7,15H2/t9-/m1/s1. The highest BCUT2D eigenvalue weighted by Gasteiger charge is 2.26. The van der Waals surface area contributed by atoms with E-state index >= 15 is 0 Å². The van der Waals surface area contributed by atoms with Crippen LogP contribution in [-0.2, 0) is 0 Å². The first-order valence-electron chi connectivity index (χ1n) is 6.10. The molecule has 2 N–H and O–H groups in total. The molecule has 0 bridgehead atoms. The van der Waals surface area contributed by atoms with Crippen LogP contribution in [0.4, 0.5) is 4.39 Å². The van der Waals surface area contributed by atoms with Crippen molar-refractivity contribution in [1.29, 1.82) is 0 Å². The lowest BCUT2D eigenvalue weighted by Gasteiger charge is -2.16. The summed E-state index contributed by atoms with van der Waals surface area (Å²) in [6, 6.07) is 2.48. The first kappa shape index (κ1) is 12.0. The summed E-state index contributed by atoms with van der Waals surface area (Å²) < 4.78 is 13.6. The number of hydrogen-bond donors (Lipinski definition) is 1. The molecule has 1 aromatic heterocycles. The van der Waals surface area contributed by atoms with E-state index in [9.17, 15) is 9.18 Å². The van der Waals surface area contributed by atoms with Crippen molar-refractivity contribution in [2.45, 2.75) is 12.5 Å². The van der Waals surface area contributed by atoms with Crippen molar-refractivity contribution in [3.05, 3.63) is 35.9 Å². The summed E-state index contributed by atoms with van der Waals surface area (Å²) in [6.07, 6.45) is 3.74. The molecule has 5 nitrogen and oxygen atoms in total. The monoisotopic (exact) mass is 260 g/mol. The second-order valence-corrected chi connectivity index (χ2v) is 4.68. The van der Waals surface area contributed by atoms with Gasteiger partial charge in [-0.15, -0.1) is 0 Å². The summed E-state index contributed by atoms with van der Waals surface area (Å²) in [7, 11) is 0. The molecular formula is C13H13FN4O. The molecule has 2 aromatic rings. The van der Waals surface area contributed by atoms with Gasteiger partial charge in [-0.3, -0.25) is 14.8 Å². The summed E-state index contributed by atoms with van der Waals surface area (Å²) in [6.45, 7) is 1.09. The fourth-order valence-electron chi connectivity index (χ4n) is 2.35. The molecule has 1 aliphatic heterocycles. The number of amides is 1. The SMILES string of the molecule is N[C@@H]1CCN(C(=O)c2cc(F)cc3nccnc23)C1. The quantitative estimate of drug-likeness (QED) is 0.828. The van der Waals surface area contributed by atoms with E-state index in [-0.39, 0.29) is 17.5 Å². The summed E-state index contributed by atoms with van der Waals surface area (Å²) in [5, 5.41) is 0. The molecule has 0 aliphatic carbocycles. The zero-order valence-electron chi connectivity index (χ0n) is 10.2. The number of nitrogens with two attached hydrogens (primary N) is 1. The smallest absolute Gasteiger partial charge is 0.256 e. The molecule has 98 valence electrons. The van der Waals surface area contributed by atoms with Crippen molar-refractivity contribution in [1.82, 2.24) is 14.9 Å². The largest absolute Gasteiger partial charge is 0.337 e. The average molecular weight is 260 g/mol. The van der Waals surface area contributed by atoms with Gasteiger partial charge in [-0.05, 0) is 12.5 Å². The van der Waals surface area contributed by atoms with Crippen LogP contribution in [0.25, 0.3) is 11.0 Å². The normalized spacial score (nSPS) is 19.1. The van der Waals surface area contributed by atoms with E-state index in [0.29, 0.717) is 24.1 Å². The van der Waals surface area contributed by atoms with E-state index in [4.69, 9.17) is 5.73 Å². The number of carbonyl (C=O) groups is 1. The second kappa shape index (κ2) is 4.55. The number of rotatable bonds is 1. The lowest BCUT2D eigenvalue weighted by molar-refractivity contribution is 0.0792. The number of carbonyl (C=O) groups excluding carboxylic acids is 1. The van der Waals surface area contributed by atoms with Crippen LogP contribution in [0.15, 0.2) is 24.5 Å². The predicted octanol–water partition coefficient (Wildman–Crippen LogP) is 0.942. The molecule has 3 rings (SSSR count). The molecule has 6 heteroatoms. The van der Waals surface area contributed by atoms with Gasteiger partial charge in [-0.25, -0.2) is 4.39 Å². The maximum Gasteiger partial charge on any atom is 0.256 e. The van der Waals surface area contributed by atoms with Crippen LogP contribution in [0.1, 0.15) is 16.8 Å². The van der Waals surface area contributed by atoms with Gasteiger partial charge < -0.3 is 10.6 Å². The summed E-state index contributed by atoms with van der Waals surface area (Å²) in [5.74, 6) is -0.724. The molecule has 1 amide bonds. The molecule has 19 heavy (non-hydrogen) atoms. The van der Waals surface area contributed by atoms with Crippen LogP contribution in [0.3, 0.4) is 0 Å². The number of nitrogens with zero attached hydrogens (tertiary/aromatic N) is 3. The average Bonchev–Trinajstić information content (AvgIpc) is 2.83. The maximum atomic E-state index is 13.6. The van der Waals surface area contributed by atoms with Gasteiger partial charge in [0.15, 0.2) is 0 Å². The fraction of sp³-hybridized carbons (Fsp3) is 0.308. The molecular weight excluding hydrogens is 247 g/mol. The van der Waals surface area contributed by atoms with Crippen molar-refractivity contribution in [2.24, 2.45) is 5.73 Å². The van der Waals surface area contributed by atoms with Crippen molar-refractivity contribution >= 4 is 16.9 Å². The fourth-order valence-corrected chi connectivity index (χ4v) is 2.35. The first-order valence-corrected chi connectivity index (χ1v) is 6.10. The van der Waals surface area contributed by atoms with Crippen molar-refractivity contribution < 1.29 is 9.18 Å². The molecule has 0 spiro atoms. The molecule has 2 heterocycles. The van der Waals surface area contributed by atoms with Gasteiger partial charge in [0.05, 0.1) is 11.1 Å². The Bertz CT molecular complexity index is 646. The van der Waals surface area contributed by atoms with Crippen LogP contribution in [0, 0.1) is 5.82 Å². The van der Waals surface area contributed by atoms with E-state index in [2.05, 4.69) is 9.97 Å². The Labute approximate surface area is 109 Å². The lowest BCUT2D eigenvalue weighted by Crippen LogP contribution is -2.32. The summed E-state index contributed by atoms with van der Waals surface area (Å²) in [5.41, 5.74) is 6.84. The minimum absolute atomic E-state index is 0.00476. The van der Waals surface area contributed by atoms with Crippen LogP contribution in [-0.4, -0.2) is 39.9 Å². The van der Waals surface area contributed by atoms with E-state index in [1.807, 2.05) is 0 Å². The third kappa shape index (κ3) is 2.15. The Morgan fingerprint density at radius 1 is 1.37 bits per heavy atom. The number of halogens is 1. The van der Waals surface area contributed by atoms with Crippen LogP contribution in [0.2, 0.25) is 0 Å². The Hall–Kier alpha value is -2.08. The van der Waals surface area contributed by atoms with Crippen LogP contribution in [0.5, 0.6) is 0 Å². The Morgan fingerprint density at radius 3 is 2.89 bits per heavy atom. The van der Waals surface area contributed by atoms with Gasteiger partial charge in [0.25, 0.3) is 5.91 Å². The number of hydrogen-bond acceptors (Lipinski definition) is 4. The van der Waals surface area contributed by atoms with E-state index in [0.717, 1.165) is 6.42 Å². The Kier molecular flexibility index (Phi) is 2.87. The Morgan fingerprint density at radius 2 is 2.16 bits per heavy atom. The van der Waals surface area contributed by atoms with Gasteiger partial charge in [0, 0.05) is 37.6 Å². The minimum atomic E-state index is -0.486. The van der Waals surface area contributed by atoms with Gasteiger partial charge >= 0.3 is 0 Å². The topological polar surface area (TPSA) is 72.1 Å². The Balaban J connectivity index is 2.06. The summed E-state index contributed by atoms with van der Waals surface area (Å²) in [4.78, 5) is 22.2.